The van der Waals surface area contributed by atoms with Crippen LogP contribution in [0, 0.1) is 0 Å². The Balaban J connectivity index is 1.89. The number of cyclic esters (lactones) is 1. The Morgan fingerprint density at radius 3 is 1.60 bits per heavy atom. The van der Waals surface area contributed by atoms with Crippen LogP contribution >= 0.6 is 23.2 Å². The van der Waals surface area contributed by atoms with Crippen molar-refractivity contribution in [2.24, 2.45) is 0 Å². The van der Waals surface area contributed by atoms with Crippen molar-refractivity contribution < 1.29 is 9.53 Å². The van der Waals surface area contributed by atoms with Crippen molar-refractivity contribution in [3.05, 3.63) is 125 Å². The molecule has 0 bridgehead atoms. The van der Waals surface area contributed by atoms with Crippen LogP contribution in [-0.2, 0) is 4.74 Å². The summed E-state index contributed by atoms with van der Waals surface area (Å²) in [7, 11) is -2.77. The minimum absolute atomic E-state index is 0.248. The first-order valence-electron chi connectivity index (χ1n) is 9.88. The third kappa shape index (κ3) is 3.01. The molecule has 1 aliphatic rings. The molecule has 1 heterocycles. The molecule has 4 aromatic carbocycles. The van der Waals surface area contributed by atoms with Crippen molar-refractivity contribution in [2.75, 3.05) is 0 Å². The average Bonchev–Trinajstić information content (AvgIpc) is 3.12. The van der Waals surface area contributed by atoms with Crippen LogP contribution in [0.2, 0.25) is 0 Å². The third-order valence-corrected chi connectivity index (χ3v) is 11.3. The molecule has 0 N–H and O–H groups in total. The Labute approximate surface area is 185 Å². The summed E-state index contributed by atoms with van der Waals surface area (Å²) in [5, 5.41) is 3.65. The molecule has 1 atom stereocenters. The van der Waals surface area contributed by atoms with Crippen LogP contribution in [0.4, 0.5) is 0 Å². The number of carbonyl (C=O) groups is 1. The van der Waals surface area contributed by atoms with Gasteiger partial charge in [0.1, 0.15) is 0 Å². The van der Waals surface area contributed by atoms with Gasteiger partial charge in [0.25, 0.3) is 0 Å². The number of hydrogen-bond donors (Lipinski definition) is 0. The molecule has 0 aromatic heterocycles. The monoisotopic (exact) mass is 474 g/mol. The predicted molar refractivity (Wildman–Crippen MR) is 129 cm³/mol. The number of fused-ring (bicyclic) bond motifs is 1. The molecule has 4 aromatic rings. The van der Waals surface area contributed by atoms with Gasteiger partial charge in [-0.15, -0.1) is 0 Å². The van der Waals surface area contributed by atoms with Crippen LogP contribution < -0.4 is 15.9 Å². The fraction of sp³-hybridized carbons (Fsp3) is 0.0385. The van der Waals surface area contributed by atoms with E-state index in [-0.39, 0.29) is 11.8 Å². The van der Waals surface area contributed by atoms with E-state index in [9.17, 15) is 4.79 Å². The third-order valence-electron chi connectivity index (χ3n) is 5.82. The quantitative estimate of drug-likeness (QED) is 0.294. The van der Waals surface area contributed by atoms with E-state index in [0.717, 1.165) is 10.0 Å². The van der Waals surface area contributed by atoms with Gasteiger partial charge in [0.05, 0.1) is 0 Å². The van der Waals surface area contributed by atoms with Crippen molar-refractivity contribution in [1.29, 1.82) is 0 Å². The molecule has 148 valence electrons. The summed E-state index contributed by atoms with van der Waals surface area (Å²) in [4.78, 5) is 12.9. The first-order chi connectivity index (χ1) is 14.7. The first-order valence-corrected chi connectivity index (χ1v) is 12.8. The van der Waals surface area contributed by atoms with Gasteiger partial charge in [0, 0.05) is 0 Å². The summed E-state index contributed by atoms with van der Waals surface area (Å²) in [5.41, 5.74) is 1.61. The Kier molecular flexibility index (Phi) is 5.02. The topological polar surface area (TPSA) is 26.3 Å². The molecule has 0 radical (unpaired) electrons. The van der Waals surface area contributed by atoms with E-state index in [0.29, 0.717) is 5.56 Å². The molecule has 4 heteroatoms. The van der Waals surface area contributed by atoms with E-state index in [2.05, 4.69) is 88.7 Å². The summed E-state index contributed by atoms with van der Waals surface area (Å²) in [6.07, 6.45) is 0. The molecule has 0 aliphatic carbocycles. The number of esters is 1. The fourth-order valence-electron chi connectivity index (χ4n) is 4.55. The van der Waals surface area contributed by atoms with Gasteiger partial charge in [-0.05, 0) is 0 Å². The van der Waals surface area contributed by atoms with E-state index in [1.54, 1.807) is 0 Å². The van der Waals surface area contributed by atoms with E-state index in [1.165, 1.54) is 15.9 Å². The number of benzene rings is 4. The van der Waals surface area contributed by atoms with E-state index >= 15 is 0 Å². The van der Waals surface area contributed by atoms with Crippen molar-refractivity contribution in [3.63, 3.8) is 0 Å². The molecule has 1 unspecified atom stereocenters. The van der Waals surface area contributed by atoms with Crippen molar-refractivity contribution in [3.8, 4) is 0 Å². The van der Waals surface area contributed by atoms with E-state index < -0.39 is 7.26 Å². The molecule has 0 saturated carbocycles. The summed E-state index contributed by atoms with van der Waals surface area (Å²) in [6.45, 7) is 0. The normalized spacial score (nSPS) is 16.0. The average molecular weight is 475 g/mol. The van der Waals surface area contributed by atoms with Gasteiger partial charge in [-0.1, -0.05) is 0 Å². The Hall–Kier alpha value is -2.74. The fourth-order valence-corrected chi connectivity index (χ4v) is 9.98. The molecule has 5 rings (SSSR count). The zero-order valence-corrected chi connectivity index (χ0v) is 18.8. The van der Waals surface area contributed by atoms with Gasteiger partial charge in [-0.3, -0.25) is 0 Å². The van der Waals surface area contributed by atoms with Gasteiger partial charge in [0.2, 0.25) is 0 Å². The summed E-state index contributed by atoms with van der Waals surface area (Å²) >= 11 is 3.60. The second-order valence-corrected chi connectivity index (χ2v) is 12.2. The number of ether oxygens (including phenoxy) is 1. The molecule has 0 spiro atoms. The molecule has 1 aliphatic heterocycles. The number of carbonyl (C=O) groups excluding carboxylic acids is 1. The number of hydrogen-bond acceptors (Lipinski definition) is 2. The van der Waals surface area contributed by atoms with E-state index in [1.807, 2.05) is 36.4 Å². The second kappa shape index (κ2) is 7.83. The van der Waals surface area contributed by atoms with Crippen molar-refractivity contribution >= 4 is 45.1 Å². The molecular formula is C26H20BrO2P. The van der Waals surface area contributed by atoms with Crippen LogP contribution in [-0.4, -0.2) is 5.97 Å². The summed E-state index contributed by atoms with van der Waals surface area (Å²) in [6, 6.07) is 37.4. The standard InChI is InChI=1S/C26H20BrO2P/c27-19-16-17-23-24(18-19)26(29-25(23)28)30(20-10-4-1-5-11-20,21-12-6-2-7-13-21)22-14-8-3-9-15-22/h1-18,26,30H. The Morgan fingerprint density at radius 2 is 1.13 bits per heavy atom. The molecule has 2 nitrogen and oxygen atoms in total. The Morgan fingerprint density at radius 1 is 0.667 bits per heavy atom. The molecular weight excluding hydrogens is 455 g/mol. The van der Waals surface area contributed by atoms with Gasteiger partial charge in [-0.25, -0.2) is 0 Å². The summed E-state index contributed by atoms with van der Waals surface area (Å²) < 4.78 is 7.16. The Bertz CT molecular complexity index is 1100. The maximum absolute atomic E-state index is 12.9. The van der Waals surface area contributed by atoms with Crippen LogP contribution in [0.3, 0.4) is 0 Å². The molecule has 30 heavy (non-hydrogen) atoms. The predicted octanol–water partition coefficient (Wildman–Crippen LogP) is 5.34. The zero-order valence-electron chi connectivity index (χ0n) is 16.2. The second-order valence-electron chi connectivity index (χ2n) is 7.42. The van der Waals surface area contributed by atoms with Crippen LogP contribution in [0.25, 0.3) is 0 Å². The number of halogens is 1. The summed E-state index contributed by atoms with van der Waals surface area (Å²) in [5.74, 6) is -0.605. The molecule has 0 fully saturated rings. The minimum atomic E-state index is -2.77. The first kappa shape index (κ1) is 19.2. The van der Waals surface area contributed by atoms with Gasteiger partial charge >= 0.3 is 185 Å². The van der Waals surface area contributed by atoms with Gasteiger partial charge in [-0.2, -0.15) is 0 Å². The van der Waals surface area contributed by atoms with Crippen molar-refractivity contribution in [1.82, 2.24) is 0 Å². The number of rotatable bonds is 4. The van der Waals surface area contributed by atoms with Crippen LogP contribution in [0.15, 0.2) is 114 Å². The van der Waals surface area contributed by atoms with Gasteiger partial charge in [0.15, 0.2) is 0 Å². The van der Waals surface area contributed by atoms with Crippen LogP contribution in [0.5, 0.6) is 0 Å². The SMILES string of the molecule is O=C1OC([PH](c2ccccc2)(c2ccccc2)c2ccccc2)c2cc(Br)ccc21. The maximum atomic E-state index is 12.9. The van der Waals surface area contributed by atoms with Gasteiger partial charge < -0.3 is 0 Å². The van der Waals surface area contributed by atoms with Crippen molar-refractivity contribution in [2.45, 2.75) is 5.85 Å². The van der Waals surface area contributed by atoms with Crippen LogP contribution in [0.1, 0.15) is 21.8 Å². The molecule has 0 amide bonds. The zero-order chi connectivity index (χ0) is 20.6. The molecule has 0 saturated heterocycles. The van der Waals surface area contributed by atoms with E-state index in [4.69, 9.17) is 4.74 Å².